The average molecular weight is 267 g/mol. The van der Waals surface area contributed by atoms with Crippen LogP contribution >= 0.6 is 0 Å². The first-order valence-corrected chi connectivity index (χ1v) is 6.56. The molecule has 0 aliphatic carbocycles. The van der Waals surface area contributed by atoms with E-state index < -0.39 is 0 Å². The summed E-state index contributed by atoms with van der Waals surface area (Å²) in [4.78, 5) is 0. The van der Waals surface area contributed by atoms with E-state index in [1.807, 2.05) is 24.3 Å². The summed E-state index contributed by atoms with van der Waals surface area (Å²) in [5.74, 6) is 1.72. The largest absolute Gasteiger partial charge is 0.497 e. The number of rotatable bonds is 5. The van der Waals surface area contributed by atoms with Crippen molar-refractivity contribution in [3.63, 3.8) is 0 Å². The van der Waals surface area contributed by atoms with Crippen LogP contribution in [-0.4, -0.2) is 14.2 Å². The molecular formula is C18H19O2. The maximum Gasteiger partial charge on any atom is 0.118 e. The van der Waals surface area contributed by atoms with Gasteiger partial charge in [0.25, 0.3) is 0 Å². The standard InChI is InChI=1S/C18H19O2/c1-4-5-18(14-6-10-16(19-2)11-7-14)15-8-12-17(20-3)13-9-15/h5-13H,1,4H2,2-3H3. The van der Waals surface area contributed by atoms with E-state index in [1.54, 1.807) is 14.2 Å². The Morgan fingerprint density at radius 2 is 1.25 bits per heavy atom. The van der Waals surface area contributed by atoms with Crippen LogP contribution in [0.2, 0.25) is 0 Å². The molecule has 0 aromatic heterocycles. The molecule has 0 spiro atoms. The summed E-state index contributed by atoms with van der Waals surface area (Å²) < 4.78 is 10.4. The van der Waals surface area contributed by atoms with Gasteiger partial charge in [-0.2, -0.15) is 0 Å². The summed E-state index contributed by atoms with van der Waals surface area (Å²) in [6.07, 6.45) is 2.87. The van der Waals surface area contributed by atoms with Gasteiger partial charge in [-0.1, -0.05) is 30.3 Å². The first-order valence-electron chi connectivity index (χ1n) is 6.56. The van der Waals surface area contributed by atoms with Gasteiger partial charge < -0.3 is 9.47 Å². The maximum atomic E-state index is 5.20. The van der Waals surface area contributed by atoms with Crippen molar-refractivity contribution in [1.82, 2.24) is 0 Å². The van der Waals surface area contributed by atoms with Crippen molar-refractivity contribution in [2.75, 3.05) is 14.2 Å². The van der Waals surface area contributed by atoms with Crippen LogP contribution in [0.4, 0.5) is 0 Å². The normalized spacial score (nSPS) is 9.95. The lowest BCUT2D eigenvalue weighted by molar-refractivity contribution is 0.414. The molecule has 2 rings (SSSR count). The molecule has 0 aliphatic rings. The molecule has 0 fully saturated rings. The number of benzene rings is 2. The van der Waals surface area contributed by atoms with E-state index >= 15 is 0 Å². The molecule has 2 aromatic rings. The molecular weight excluding hydrogens is 248 g/mol. The Labute approximate surface area is 120 Å². The minimum Gasteiger partial charge on any atom is -0.497 e. The van der Waals surface area contributed by atoms with E-state index in [4.69, 9.17) is 9.47 Å². The Bertz CT molecular complexity index is 516. The van der Waals surface area contributed by atoms with Gasteiger partial charge in [0.1, 0.15) is 11.5 Å². The molecule has 2 heteroatoms. The Morgan fingerprint density at radius 1 is 0.850 bits per heavy atom. The average Bonchev–Trinajstić information content (AvgIpc) is 2.53. The zero-order valence-corrected chi connectivity index (χ0v) is 11.9. The highest BCUT2D eigenvalue weighted by Crippen LogP contribution is 2.27. The number of methoxy groups -OCH3 is 2. The molecule has 0 N–H and O–H groups in total. The minimum absolute atomic E-state index is 0.743. The number of ether oxygens (including phenoxy) is 2. The van der Waals surface area contributed by atoms with E-state index in [9.17, 15) is 0 Å². The molecule has 2 aromatic carbocycles. The molecule has 103 valence electrons. The number of hydrogen-bond donors (Lipinski definition) is 0. The number of allylic oxidation sites excluding steroid dienone is 1. The van der Waals surface area contributed by atoms with Gasteiger partial charge in [-0.15, -0.1) is 0 Å². The molecule has 0 amide bonds. The van der Waals surface area contributed by atoms with Crippen LogP contribution in [0.5, 0.6) is 11.5 Å². The third kappa shape index (κ3) is 3.21. The molecule has 0 saturated carbocycles. The predicted octanol–water partition coefficient (Wildman–Crippen LogP) is 4.36. The van der Waals surface area contributed by atoms with Gasteiger partial charge in [0.05, 0.1) is 14.2 Å². The van der Waals surface area contributed by atoms with E-state index in [-0.39, 0.29) is 0 Å². The minimum atomic E-state index is 0.743. The topological polar surface area (TPSA) is 18.5 Å². The van der Waals surface area contributed by atoms with E-state index in [1.165, 1.54) is 5.57 Å². The van der Waals surface area contributed by atoms with Crippen molar-refractivity contribution >= 4 is 5.57 Å². The third-order valence-electron chi connectivity index (χ3n) is 3.15. The van der Waals surface area contributed by atoms with E-state index in [0.717, 1.165) is 29.0 Å². The van der Waals surface area contributed by atoms with Crippen molar-refractivity contribution in [2.45, 2.75) is 6.42 Å². The molecule has 0 atom stereocenters. The van der Waals surface area contributed by atoms with Crippen molar-refractivity contribution < 1.29 is 9.47 Å². The zero-order valence-electron chi connectivity index (χ0n) is 11.9. The fourth-order valence-corrected chi connectivity index (χ4v) is 2.09. The van der Waals surface area contributed by atoms with Gasteiger partial charge >= 0.3 is 0 Å². The van der Waals surface area contributed by atoms with Crippen LogP contribution in [0.1, 0.15) is 17.5 Å². The molecule has 0 bridgehead atoms. The summed E-state index contributed by atoms with van der Waals surface area (Å²) in [6, 6.07) is 16.1. The SMILES string of the molecule is [CH2]CC=C(c1ccc(OC)cc1)c1ccc(OC)cc1. The third-order valence-corrected chi connectivity index (χ3v) is 3.15. The molecule has 0 heterocycles. The summed E-state index contributed by atoms with van der Waals surface area (Å²) >= 11 is 0. The van der Waals surface area contributed by atoms with Crippen LogP contribution in [-0.2, 0) is 0 Å². The first kappa shape index (κ1) is 14.2. The molecule has 0 saturated heterocycles. The smallest absolute Gasteiger partial charge is 0.118 e. The molecule has 20 heavy (non-hydrogen) atoms. The fraction of sp³-hybridized carbons (Fsp3) is 0.167. The van der Waals surface area contributed by atoms with Crippen LogP contribution in [0.25, 0.3) is 5.57 Å². The van der Waals surface area contributed by atoms with Crippen LogP contribution in [0.3, 0.4) is 0 Å². The second-order valence-electron chi connectivity index (χ2n) is 4.36. The molecule has 2 nitrogen and oxygen atoms in total. The molecule has 0 unspecified atom stereocenters. The molecule has 0 aliphatic heterocycles. The lowest BCUT2D eigenvalue weighted by Gasteiger charge is -2.10. The number of hydrogen-bond acceptors (Lipinski definition) is 2. The highest BCUT2D eigenvalue weighted by molar-refractivity contribution is 5.80. The van der Waals surface area contributed by atoms with E-state index in [0.29, 0.717) is 0 Å². The monoisotopic (exact) mass is 267 g/mol. The fourth-order valence-electron chi connectivity index (χ4n) is 2.09. The Kier molecular flexibility index (Phi) is 4.83. The van der Waals surface area contributed by atoms with Crippen molar-refractivity contribution in [1.29, 1.82) is 0 Å². The quantitative estimate of drug-likeness (QED) is 0.801. The Balaban J connectivity index is 2.36. The Morgan fingerprint density at radius 3 is 1.55 bits per heavy atom. The van der Waals surface area contributed by atoms with Crippen molar-refractivity contribution in [3.8, 4) is 11.5 Å². The van der Waals surface area contributed by atoms with Crippen molar-refractivity contribution in [2.24, 2.45) is 0 Å². The van der Waals surface area contributed by atoms with Gasteiger partial charge in [-0.3, -0.25) is 0 Å². The van der Waals surface area contributed by atoms with Crippen molar-refractivity contribution in [3.05, 3.63) is 72.7 Å². The lowest BCUT2D eigenvalue weighted by Crippen LogP contribution is -1.90. The van der Waals surface area contributed by atoms with Gasteiger partial charge in [-0.25, -0.2) is 0 Å². The van der Waals surface area contributed by atoms with Gasteiger partial charge in [0.2, 0.25) is 0 Å². The van der Waals surface area contributed by atoms with Gasteiger partial charge in [0, 0.05) is 0 Å². The summed E-state index contributed by atoms with van der Waals surface area (Å²) in [6.45, 7) is 3.92. The second-order valence-corrected chi connectivity index (χ2v) is 4.36. The highest BCUT2D eigenvalue weighted by atomic mass is 16.5. The van der Waals surface area contributed by atoms with Crippen LogP contribution in [0, 0.1) is 6.92 Å². The summed E-state index contributed by atoms with van der Waals surface area (Å²) in [5.41, 5.74) is 3.48. The van der Waals surface area contributed by atoms with Gasteiger partial charge in [-0.05, 0) is 54.3 Å². The maximum absolute atomic E-state index is 5.20. The lowest BCUT2D eigenvalue weighted by atomic mass is 9.97. The summed E-state index contributed by atoms with van der Waals surface area (Å²) in [7, 11) is 3.34. The van der Waals surface area contributed by atoms with Crippen LogP contribution in [0.15, 0.2) is 54.6 Å². The van der Waals surface area contributed by atoms with E-state index in [2.05, 4.69) is 37.3 Å². The summed E-state index contributed by atoms with van der Waals surface area (Å²) in [5, 5.41) is 0. The van der Waals surface area contributed by atoms with Gasteiger partial charge in [0.15, 0.2) is 0 Å². The molecule has 1 radical (unpaired) electrons. The zero-order chi connectivity index (χ0) is 14.4. The second kappa shape index (κ2) is 6.80. The predicted molar refractivity (Wildman–Crippen MR) is 83.0 cm³/mol. The Hall–Kier alpha value is -2.22. The highest BCUT2D eigenvalue weighted by Gasteiger charge is 2.05. The first-order chi connectivity index (χ1) is 9.78. The van der Waals surface area contributed by atoms with Crippen LogP contribution < -0.4 is 9.47 Å².